The first kappa shape index (κ1) is 58.5. The van der Waals surface area contributed by atoms with Gasteiger partial charge in [-0.3, -0.25) is 24.6 Å². The molecule has 1 atom stereocenters. The van der Waals surface area contributed by atoms with Gasteiger partial charge in [0.1, 0.15) is 18.5 Å². The van der Waals surface area contributed by atoms with Crippen molar-refractivity contribution in [1.29, 1.82) is 0 Å². The summed E-state index contributed by atoms with van der Waals surface area (Å²) >= 11 is 0. The van der Waals surface area contributed by atoms with E-state index in [1.165, 1.54) is 5.56 Å². The third-order valence-electron chi connectivity index (χ3n) is 15.7. The number of carbonyl (C=O) groups excluding carboxylic acids is 3. The fourth-order valence-electron chi connectivity index (χ4n) is 10.0. The Hall–Kier alpha value is -8.14. The van der Waals surface area contributed by atoms with Crippen molar-refractivity contribution >= 4 is 48.5 Å². The average Bonchev–Trinajstić information content (AvgIpc) is 3.68. The zero-order valence-corrected chi connectivity index (χ0v) is 48.8. The van der Waals surface area contributed by atoms with Crippen LogP contribution in [0.4, 0.5) is 16.2 Å². The number of hydrogen-bond donors (Lipinski definition) is 4. The van der Waals surface area contributed by atoms with Crippen molar-refractivity contribution in [2.75, 3.05) is 43.4 Å². The molecule has 0 saturated carbocycles. The number of para-hydroxylation sites is 1. The van der Waals surface area contributed by atoms with E-state index in [-0.39, 0.29) is 34.6 Å². The van der Waals surface area contributed by atoms with E-state index in [4.69, 9.17) is 13.9 Å². The Morgan fingerprint density at radius 2 is 1.39 bits per heavy atom. The molecule has 8 aromatic rings. The number of pyridine rings is 1. The molecule has 82 heavy (non-hydrogen) atoms. The minimum atomic E-state index is -2.35. The highest BCUT2D eigenvalue weighted by Crippen LogP contribution is 2.42. The third kappa shape index (κ3) is 16.3. The maximum atomic E-state index is 13.6. The number of carbonyl (C=O) groups is 3. The molecule has 14 heteroatoms. The number of anilines is 2. The van der Waals surface area contributed by atoms with Gasteiger partial charge in [0, 0.05) is 80.5 Å². The number of nitrogens with one attached hydrogen (secondary N) is 4. The van der Waals surface area contributed by atoms with Crippen molar-refractivity contribution in [3.63, 3.8) is 0 Å². The average molecular weight is 1120 g/mol. The Kier molecular flexibility index (Phi) is 19.7. The van der Waals surface area contributed by atoms with E-state index in [2.05, 4.69) is 107 Å². The molecule has 13 nitrogen and oxygen atoms in total. The first-order valence-electron chi connectivity index (χ1n) is 28.5. The Morgan fingerprint density at radius 3 is 2.11 bits per heavy atom. The van der Waals surface area contributed by atoms with Crippen molar-refractivity contribution in [3.05, 3.63) is 232 Å². The monoisotopic (exact) mass is 1120 g/mol. The predicted molar refractivity (Wildman–Crippen MR) is 331 cm³/mol. The number of rotatable bonds is 23. The topological polar surface area (TPSA) is 154 Å². The van der Waals surface area contributed by atoms with E-state index < -0.39 is 14.4 Å². The number of amides is 3. The molecule has 9 rings (SSSR count). The van der Waals surface area contributed by atoms with E-state index in [0.29, 0.717) is 80.3 Å². The smallest absolute Gasteiger partial charge is 0.411 e. The second-order valence-electron chi connectivity index (χ2n) is 22.7. The minimum Gasteiger partial charge on any atom is -0.487 e. The van der Waals surface area contributed by atoms with Gasteiger partial charge < -0.3 is 34.4 Å². The first-order valence-corrected chi connectivity index (χ1v) is 31.4. The molecule has 3 amide bonds. The van der Waals surface area contributed by atoms with Crippen LogP contribution >= 0.6 is 0 Å². The first-order chi connectivity index (χ1) is 39.6. The molecule has 0 spiro atoms. The van der Waals surface area contributed by atoms with Gasteiger partial charge in [-0.15, -0.1) is 0 Å². The van der Waals surface area contributed by atoms with Gasteiger partial charge in [0.05, 0.1) is 17.3 Å². The lowest BCUT2D eigenvalue weighted by molar-refractivity contribution is -0.121. The molecule has 424 valence electrons. The molecule has 0 bridgehead atoms. The summed E-state index contributed by atoms with van der Waals surface area (Å²) in [6.45, 7) is 16.1. The van der Waals surface area contributed by atoms with E-state index in [1.54, 1.807) is 12.1 Å². The molecule has 1 fully saturated rings. The maximum absolute atomic E-state index is 13.6. The number of fused-ring (bicyclic) bond motifs is 1. The Morgan fingerprint density at radius 1 is 0.720 bits per heavy atom. The van der Waals surface area contributed by atoms with E-state index in [0.717, 1.165) is 64.8 Å². The SMILES string of the molecule is CC(C)(C)[Si](C)(C)O[C@@H](CN(CCc1ccc(NC(=O)c2cccc(CNC(=O)CCN3CCC(OC(=O)Nc4ccccc4-c4ccccc4)CC3)c2)cc1)Cc1ccccc1)c1ccc(OCc2ccccc2)c2[nH]c(=O)ccc12. The molecule has 0 aliphatic carbocycles. The van der Waals surface area contributed by atoms with Crippen LogP contribution in [-0.2, 0) is 40.1 Å². The normalized spacial score (nSPS) is 13.6. The highest BCUT2D eigenvalue weighted by Gasteiger charge is 2.40. The quantitative estimate of drug-likeness (QED) is 0.0458. The molecule has 1 aliphatic rings. The highest BCUT2D eigenvalue weighted by atomic mass is 28.4. The van der Waals surface area contributed by atoms with Gasteiger partial charge in [0.15, 0.2) is 8.32 Å². The summed E-state index contributed by atoms with van der Waals surface area (Å²) < 4.78 is 19.6. The van der Waals surface area contributed by atoms with Crippen LogP contribution in [0.1, 0.15) is 84.3 Å². The molecular formula is C68H76N6O7Si. The number of H-pyrrole nitrogens is 1. The summed E-state index contributed by atoms with van der Waals surface area (Å²) in [4.78, 5) is 60.2. The van der Waals surface area contributed by atoms with Crippen LogP contribution in [-0.4, -0.2) is 79.8 Å². The maximum Gasteiger partial charge on any atom is 0.411 e. The summed E-state index contributed by atoms with van der Waals surface area (Å²) in [5.41, 5.74) is 9.44. The summed E-state index contributed by atoms with van der Waals surface area (Å²) in [5.74, 6) is 0.296. The fourth-order valence-corrected chi connectivity index (χ4v) is 11.3. The lowest BCUT2D eigenvalue weighted by Gasteiger charge is -2.41. The van der Waals surface area contributed by atoms with Crippen molar-refractivity contribution in [2.45, 2.75) is 96.5 Å². The molecule has 1 aromatic heterocycles. The summed E-state index contributed by atoms with van der Waals surface area (Å²) in [5, 5.41) is 9.85. The summed E-state index contributed by atoms with van der Waals surface area (Å²) in [7, 11) is -2.35. The van der Waals surface area contributed by atoms with Crippen LogP contribution in [0, 0.1) is 0 Å². The molecule has 1 aliphatic heterocycles. The summed E-state index contributed by atoms with van der Waals surface area (Å²) in [6.07, 6.45) is 1.46. The summed E-state index contributed by atoms with van der Waals surface area (Å²) in [6, 6.07) is 60.9. The second kappa shape index (κ2) is 27.5. The van der Waals surface area contributed by atoms with Crippen LogP contribution in [0.25, 0.3) is 22.0 Å². The van der Waals surface area contributed by atoms with Crippen LogP contribution < -0.4 is 26.2 Å². The number of benzene rings is 7. The molecule has 2 heterocycles. The Bertz CT molecular complexity index is 3450. The number of hydrogen-bond acceptors (Lipinski definition) is 9. The van der Waals surface area contributed by atoms with Crippen LogP contribution in [0.2, 0.25) is 18.1 Å². The van der Waals surface area contributed by atoms with Crippen molar-refractivity contribution in [1.82, 2.24) is 20.1 Å². The van der Waals surface area contributed by atoms with E-state index in [1.807, 2.05) is 133 Å². The number of likely N-dealkylation sites (tertiary alicyclic amines) is 1. The van der Waals surface area contributed by atoms with E-state index >= 15 is 0 Å². The largest absolute Gasteiger partial charge is 0.487 e. The van der Waals surface area contributed by atoms with Crippen molar-refractivity contribution in [2.24, 2.45) is 0 Å². The Labute approximate surface area is 483 Å². The van der Waals surface area contributed by atoms with Gasteiger partial charge in [-0.05, 0) is 113 Å². The standard InChI is InChI=1S/C68H76N6O7Si/c1-68(2,3)82(4,5)81-62(58-32-34-61(65-59(58)33-35-64(76)72-65)79-48-51-20-11-7-12-21-51)47-74(46-50-18-9-6-10-19-50)40-36-49-28-30-55(31-29-49)70-66(77)54-25-17-22-52(44-54)45-69-63(75)39-43-73-41-37-56(38-42-73)80-67(78)71-60-27-16-15-26-57(60)53-23-13-8-14-24-53/h6-35,44,56,62H,36-43,45-48H2,1-5H3,(H,69,75)(H,70,77)(H,71,78)(H,72,76)/t62-/m0/s1. The lowest BCUT2D eigenvalue weighted by atomic mass is 10.0. The number of ether oxygens (including phenoxy) is 2. The highest BCUT2D eigenvalue weighted by molar-refractivity contribution is 6.74. The number of aromatic amines is 1. The number of nitrogens with zero attached hydrogens (tertiary/aromatic N) is 2. The number of piperidine rings is 1. The third-order valence-corrected chi connectivity index (χ3v) is 20.2. The van der Waals surface area contributed by atoms with Gasteiger partial charge in [-0.2, -0.15) is 0 Å². The molecule has 7 aromatic carbocycles. The van der Waals surface area contributed by atoms with Gasteiger partial charge in [-0.25, -0.2) is 4.79 Å². The lowest BCUT2D eigenvalue weighted by Crippen LogP contribution is -2.44. The van der Waals surface area contributed by atoms with Crippen molar-refractivity contribution < 1.29 is 28.3 Å². The minimum absolute atomic E-state index is 0.0587. The molecule has 0 radical (unpaired) electrons. The molecule has 1 saturated heterocycles. The van der Waals surface area contributed by atoms with E-state index in [9.17, 15) is 19.2 Å². The zero-order chi connectivity index (χ0) is 57.5. The Balaban J connectivity index is 0.772. The van der Waals surface area contributed by atoms with Gasteiger partial charge in [0.25, 0.3) is 5.91 Å². The van der Waals surface area contributed by atoms with Crippen molar-refractivity contribution in [3.8, 4) is 16.9 Å². The fraction of sp³-hybridized carbons (Fsp3) is 0.294. The van der Waals surface area contributed by atoms with Crippen LogP contribution in [0.5, 0.6) is 5.75 Å². The van der Waals surface area contributed by atoms with Crippen LogP contribution in [0.3, 0.4) is 0 Å². The zero-order valence-electron chi connectivity index (χ0n) is 47.8. The van der Waals surface area contributed by atoms with Gasteiger partial charge >= 0.3 is 6.09 Å². The molecular weight excluding hydrogens is 1040 g/mol. The van der Waals surface area contributed by atoms with Crippen LogP contribution in [0.15, 0.2) is 193 Å². The molecule has 0 unspecified atom stereocenters. The molecule has 4 N–H and O–H groups in total. The van der Waals surface area contributed by atoms with Gasteiger partial charge in [-0.1, -0.05) is 160 Å². The predicted octanol–water partition coefficient (Wildman–Crippen LogP) is 13.6. The van der Waals surface area contributed by atoms with Gasteiger partial charge in [0.2, 0.25) is 11.5 Å². The second-order valence-corrected chi connectivity index (χ2v) is 27.5. The number of aromatic nitrogens is 1.